The van der Waals surface area contributed by atoms with Gasteiger partial charge >= 0.3 is 0 Å². The number of nitrogens with one attached hydrogen (secondary N) is 1. The quantitative estimate of drug-likeness (QED) is 0.508. The van der Waals surface area contributed by atoms with E-state index in [-0.39, 0.29) is 18.3 Å². The molecule has 7 heteroatoms. The van der Waals surface area contributed by atoms with E-state index in [1.807, 2.05) is 30.3 Å². The minimum Gasteiger partial charge on any atom is -0.488 e. The number of halogens is 1. The van der Waals surface area contributed by atoms with Gasteiger partial charge in [-0.2, -0.15) is 5.10 Å². The van der Waals surface area contributed by atoms with Gasteiger partial charge in [0.15, 0.2) is 17.4 Å². The summed E-state index contributed by atoms with van der Waals surface area (Å²) in [6, 6.07) is 20.3. The van der Waals surface area contributed by atoms with Crippen LogP contribution in [0.4, 0.5) is 4.39 Å². The van der Waals surface area contributed by atoms with Crippen molar-refractivity contribution in [3.63, 3.8) is 0 Å². The van der Waals surface area contributed by atoms with Crippen LogP contribution in [0.3, 0.4) is 0 Å². The van der Waals surface area contributed by atoms with Crippen LogP contribution < -0.4 is 10.1 Å². The average molecular weight is 402 g/mol. The maximum atomic E-state index is 13.9. The van der Waals surface area contributed by atoms with Gasteiger partial charge in [0.1, 0.15) is 6.61 Å². The topological polar surface area (TPSA) is 69.0 Å². The summed E-state index contributed by atoms with van der Waals surface area (Å²) in [4.78, 5) is 17.1. The number of rotatable bonds is 7. The summed E-state index contributed by atoms with van der Waals surface area (Å²) in [5, 5.41) is 7.06. The number of amides is 1. The van der Waals surface area contributed by atoms with Gasteiger partial charge in [0.05, 0.1) is 11.6 Å². The van der Waals surface area contributed by atoms with Crippen LogP contribution >= 0.6 is 0 Å². The van der Waals surface area contributed by atoms with Crippen LogP contribution in [0.2, 0.25) is 0 Å². The molecular weight excluding hydrogens is 383 g/mol. The number of nitrogens with zero attached hydrogens (tertiary/aromatic N) is 3. The maximum Gasteiger partial charge on any atom is 0.253 e. The van der Waals surface area contributed by atoms with Gasteiger partial charge < -0.3 is 10.1 Å². The summed E-state index contributed by atoms with van der Waals surface area (Å²) in [6.45, 7) is 0.0789. The van der Waals surface area contributed by atoms with Crippen molar-refractivity contribution in [2.24, 2.45) is 0 Å². The van der Waals surface area contributed by atoms with Gasteiger partial charge in [0, 0.05) is 18.6 Å². The minimum absolute atomic E-state index is 0.0789. The Kier molecular flexibility index (Phi) is 5.80. The van der Waals surface area contributed by atoms with Crippen LogP contribution in [0.25, 0.3) is 5.82 Å². The standard InChI is InChI=1S/C23H19FN4O2/c24-19-9-4-5-10-21(19)30-16-20(17-7-2-1-3-8-17)27-23(29)18-11-12-22(25-15-18)28-14-6-13-26-28/h1-15,20H,16H2,(H,27,29). The molecule has 0 aliphatic rings. The van der Waals surface area contributed by atoms with Crippen molar-refractivity contribution in [3.05, 3.63) is 108 Å². The van der Waals surface area contributed by atoms with Crippen molar-refractivity contribution in [2.75, 3.05) is 6.61 Å². The summed E-state index contributed by atoms with van der Waals surface area (Å²) >= 11 is 0. The zero-order valence-corrected chi connectivity index (χ0v) is 16.0. The van der Waals surface area contributed by atoms with Crippen LogP contribution in [-0.4, -0.2) is 27.3 Å². The molecule has 0 aliphatic carbocycles. The Balaban J connectivity index is 1.49. The summed E-state index contributed by atoms with van der Waals surface area (Å²) in [6.07, 6.45) is 4.92. The molecule has 0 spiro atoms. The summed E-state index contributed by atoms with van der Waals surface area (Å²) in [5.74, 6) is -0.00785. The average Bonchev–Trinajstić information content (AvgIpc) is 3.33. The summed E-state index contributed by atoms with van der Waals surface area (Å²) < 4.78 is 21.1. The SMILES string of the molecule is O=C(NC(COc1ccccc1F)c1ccccc1)c1ccc(-n2cccn2)nc1. The van der Waals surface area contributed by atoms with E-state index in [1.165, 1.54) is 12.3 Å². The van der Waals surface area contributed by atoms with Crippen molar-refractivity contribution in [1.82, 2.24) is 20.1 Å². The predicted octanol–water partition coefficient (Wildman–Crippen LogP) is 3.96. The number of pyridine rings is 1. The van der Waals surface area contributed by atoms with E-state index in [9.17, 15) is 9.18 Å². The molecule has 30 heavy (non-hydrogen) atoms. The third-order valence-electron chi connectivity index (χ3n) is 4.50. The zero-order chi connectivity index (χ0) is 20.8. The van der Waals surface area contributed by atoms with Crippen LogP contribution in [-0.2, 0) is 0 Å². The fraction of sp³-hybridized carbons (Fsp3) is 0.0870. The predicted molar refractivity (Wildman–Crippen MR) is 110 cm³/mol. The third-order valence-corrected chi connectivity index (χ3v) is 4.50. The second-order valence-corrected chi connectivity index (χ2v) is 6.53. The number of benzene rings is 2. The molecule has 2 aromatic carbocycles. The molecule has 1 unspecified atom stereocenters. The molecular formula is C23H19FN4O2. The number of hydrogen-bond donors (Lipinski definition) is 1. The highest BCUT2D eigenvalue weighted by atomic mass is 19.1. The van der Waals surface area contributed by atoms with Crippen molar-refractivity contribution in [2.45, 2.75) is 6.04 Å². The Morgan fingerprint density at radius 2 is 1.83 bits per heavy atom. The number of ether oxygens (including phenoxy) is 1. The Morgan fingerprint density at radius 1 is 1.03 bits per heavy atom. The van der Waals surface area contributed by atoms with Gasteiger partial charge in [-0.3, -0.25) is 4.79 Å². The molecule has 6 nitrogen and oxygen atoms in total. The first-order chi connectivity index (χ1) is 14.7. The van der Waals surface area contributed by atoms with E-state index in [0.717, 1.165) is 5.56 Å². The van der Waals surface area contributed by atoms with E-state index in [0.29, 0.717) is 11.4 Å². The first kappa shape index (κ1) is 19.3. The Labute approximate surface area is 173 Å². The molecule has 150 valence electrons. The molecule has 0 fully saturated rings. The monoisotopic (exact) mass is 402 g/mol. The number of aromatic nitrogens is 3. The Bertz CT molecular complexity index is 1100. The molecule has 2 heterocycles. The largest absolute Gasteiger partial charge is 0.488 e. The van der Waals surface area contributed by atoms with Gasteiger partial charge in [0.25, 0.3) is 5.91 Å². The lowest BCUT2D eigenvalue weighted by molar-refractivity contribution is 0.0920. The van der Waals surface area contributed by atoms with E-state index >= 15 is 0 Å². The van der Waals surface area contributed by atoms with Crippen LogP contribution in [0.1, 0.15) is 22.0 Å². The highest BCUT2D eigenvalue weighted by Crippen LogP contribution is 2.20. The van der Waals surface area contributed by atoms with Crippen LogP contribution in [0, 0.1) is 5.82 Å². The number of para-hydroxylation sites is 1. The van der Waals surface area contributed by atoms with Gasteiger partial charge in [-0.15, -0.1) is 0 Å². The molecule has 0 aliphatic heterocycles. The fourth-order valence-electron chi connectivity index (χ4n) is 2.94. The Morgan fingerprint density at radius 3 is 2.53 bits per heavy atom. The van der Waals surface area contributed by atoms with Gasteiger partial charge in [-0.1, -0.05) is 42.5 Å². The van der Waals surface area contributed by atoms with Crippen molar-refractivity contribution < 1.29 is 13.9 Å². The molecule has 2 aromatic heterocycles. The van der Waals surface area contributed by atoms with E-state index in [1.54, 1.807) is 53.5 Å². The molecule has 4 rings (SSSR count). The van der Waals surface area contributed by atoms with Crippen molar-refractivity contribution in [1.29, 1.82) is 0 Å². The van der Waals surface area contributed by atoms with E-state index in [2.05, 4.69) is 15.4 Å². The van der Waals surface area contributed by atoms with E-state index in [4.69, 9.17) is 4.74 Å². The van der Waals surface area contributed by atoms with Gasteiger partial charge in [-0.05, 0) is 35.9 Å². The third kappa shape index (κ3) is 4.52. The molecule has 0 saturated heterocycles. The maximum absolute atomic E-state index is 13.9. The first-order valence-corrected chi connectivity index (χ1v) is 9.40. The minimum atomic E-state index is -0.468. The highest BCUT2D eigenvalue weighted by Gasteiger charge is 2.18. The number of hydrogen-bond acceptors (Lipinski definition) is 4. The van der Waals surface area contributed by atoms with Gasteiger partial charge in [-0.25, -0.2) is 14.1 Å². The normalized spacial score (nSPS) is 11.6. The molecule has 1 amide bonds. The Hall–Kier alpha value is -4.00. The fourth-order valence-corrected chi connectivity index (χ4v) is 2.94. The lowest BCUT2D eigenvalue weighted by Crippen LogP contribution is -2.32. The second kappa shape index (κ2) is 9.00. The van der Waals surface area contributed by atoms with Crippen molar-refractivity contribution in [3.8, 4) is 11.6 Å². The zero-order valence-electron chi connectivity index (χ0n) is 16.0. The lowest BCUT2D eigenvalue weighted by Gasteiger charge is -2.20. The number of carbonyl (C=O) groups excluding carboxylic acids is 1. The van der Waals surface area contributed by atoms with E-state index < -0.39 is 11.9 Å². The molecule has 1 N–H and O–H groups in total. The smallest absolute Gasteiger partial charge is 0.253 e. The molecule has 0 saturated carbocycles. The first-order valence-electron chi connectivity index (χ1n) is 9.40. The second-order valence-electron chi connectivity index (χ2n) is 6.53. The molecule has 0 radical (unpaired) electrons. The summed E-state index contributed by atoms with van der Waals surface area (Å²) in [7, 11) is 0. The summed E-state index contributed by atoms with van der Waals surface area (Å²) in [5.41, 5.74) is 1.25. The van der Waals surface area contributed by atoms with Crippen LogP contribution in [0.5, 0.6) is 5.75 Å². The van der Waals surface area contributed by atoms with Crippen molar-refractivity contribution >= 4 is 5.91 Å². The van der Waals surface area contributed by atoms with Crippen LogP contribution in [0.15, 0.2) is 91.4 Å². The molecule has 4 aromatic rings. The molecule has 0 bridgehead atoms. The van der Waals surface area contributed by atoms with Gasteiger partial charge in [0.2, 0.25) is 0 Å². The lowest BCUT2D eigenvalue weighted by atomic mass is 10.1. The molecule has 1 atom stereocenters. The number of carbonyl (C=O) groups is 1. The highest BCUT2D eigenvalue weighted by molar-refractivity contribution is 5.94.